The van der Waals surface area contributed by atoms with Crippen molar-refractivity contribution in [3.63, 3.8) is 0 Å². The number of alkyl halides is 3. The first kappa shape index (κ1) is 28.1. The molecule has 0 aliphatic carbocycles. The first-order valence-electron chi connectivity index (χ1n) is 12.0. The molecule has 0 unspecified atom stereocenters. The van der Waals surface area contributed by atoms with Gasteiger partial charge in [0.05, 0.1) is 11.1 Å². The Kier molecular flexibility index (Phi) is 8.57. The number of hydrogen-bond acceptors (Lipinski definition) is 3. The summed E-state index contributed by atoms with van der Waals surface area (Å²) < 4.78 is 47.9. The number of aliphatic carboxylic acids is 1. The van der Waals surface area contributed by atoms with Crippen molar-refractivity contribution in [2.75, 3.05) is 26.2 Å². The van der Waals surface area contributed by atoms with Gasteiger partial charge >= 0.3 is 12.1 Å². The van der Waals surface area contributed by atoms with Gasteiger partial charge in [0.15, 0.2) is 0 Å². The lowest BCUT2D eigenvalue weighted by Crippen LogP contribution is -2.46. The molecular formula is C28H24ClF4N3O3. The van der Waals surface area contributed by atoms with E-state index in [4.69, 9.17) is 21.5 Å². The summed E-state index contributed by atoms with van der Waals surface area (Å²) >= 11 is 6.44. The Morgan fingerprint density at radius 1 is 0.949 bits per heavy atom. The van der Waals surface area contributed by atoms with Gasteiger partial charge in [-0.15, -0.1) is 0 Å². The highest BCUT2D eigenvalue weighted by atomic mass is 35.5. The molecule has 3 aromatic carbocycles. The number of amides is 1. The summed E-state index contributed by atoms with van der Waals surface area (Å²) in [6.45, 7) is 2.86. The van der Waals surface area contributed by atoms with Gasteiger partial charge in [-0.1, -0.05) is 48.0 Å². The van der Waals surface area contributed by atoms with E-state index in [1.807, 2.05) is 59.5 Å². The summed E-state index contributed by atoms with van der Waals surface area (Å²) in [7, 11) is 0. The van der Waals surface area contributed by atoms with E-state index in [1.54, 1.807) is 6.07 Å². The lowest BCUT2D eigenvalue weighted by atomic mass is 10.0. The zero-order valence-corrected chi connectivity index (χ0v) is 21.3. The minimum atomic E-state index is -5.08. The summed E-state index contributed by atoms with van der Waals surface area (Å²) in [4.78, 5) is 24.6. The molecule has 204 valence electrons. The number of carbonyl (C=O) groups excluding carboxylic acids is 1. The van der Waals surface area contributed by atoms with E-state index in [0.717, 1.165) is 35.4 Å². The van der Waals surface area contributed by atoms with Crippen LogP contribution in [0.2, 0.25) is 5.02 Å². The largest absolute Gasteiger partial charge is 0.490 e. The number of rotatable bonds is 4. The molecule has 1 aromatic heterocycles. The predicted molar refractivity (Wildman–Crippen MR) is 140 cm³/mol. The molecule has 1 aliphatic heterocycles. The number of hydrogen-bond donors (Lipinski definition) is 2. The molecule has 2 heterocycles. The summed E-state index contributed by atoms with van der Waals surface area (Å²) in [5, 5.41) is 11.8. The monoisotopic (exact) mass is 561 g/mol. The fourth-order valence-corrected chi connectivity index (χ4v) is 4.64. The average molecular weight is 562 g/mol. The Bertz CT molecular complexity index is 1480. The minimum Gasteiger partial charge on any atom is -0.475 e. The van der Waals surface area contributed by atoms with Gasteiger partial charge in [-0.25, -0.2) is 9.18 Å². The van der Waals surface area contributed by atoms with Crippen molar-refractivity contribution < 1.29 is 32.3 Å². The van der Waals surface area contributed by atoms with E-state index < -0.39 is 12.1 Å². The Morgan fingerprint density at radius 2 is 1.56 bits per heavy atom. The second kappa shape index (κ2) is 11.9. The molecule has 1 aliphatic rings. The topological polar surface area (TPSA) is 74.6 Å². The number of para-hydroxylation sites is 2. The Labute approximate surface area is 226 Å². The fraction of sp³-hybridized carbons (Fsp3) is 0.214. The van der Waals surface area contributed by atoms with E-state index in [-0.39, 0.29) is 11.7 Å². The number of aromatic nitrogens is 1. The van der Waals surface area contributed by atoms with Crippen LogP contribution in [-0.2, 0) is 11.2 Å². The normalized spacial score (nSPS) is 13.6. The molecule has 0 saturated carbocycles. The number of nitrogens with one attached hydrogen (secondary N) is 1. The molecule has 2 N–H and O–H groups in total. The number of nitrogens with zero attached hydrogens (tertiary/aromatic N) is 2. The van der Waals surface area contributed by atoms with Crippen LogP contribution in [0.5, 0.6) is 0 Å². The molecule has 1 amide bonds. The predicted octanol–water partition coefficient (Wildman–Crippen LogP) is 5.69. The molecule has 1 saturated heterocycles. The summed E-state index contributed by atoms with van der Waals surface area (Å²) in [5.74, 6) is -3.10. The second-order valence-corrected chi connectivity index (χ2v) is 9.17. The van der Waals surface area contributed by atoms with E-state index in [0.29, 0.717) is 35.7 Å². The van der Waals surface area contributed by atoms with E-state index in [1.165, 1.54) is 12.1 Å². The summed E-state index contributed by atoms with van der Waals surface area (Å²) in [5.41, 5.74) is 4.02. The maximum atomic E-state index is 14.1. The standard InChI is InChI=1S/C26H23ClFN3O.C2HF3O2/c27-22-11-10-19(28)16-18(22)17-24-25(26(32)30-14-12-29-13-15-30)21-8-4-5-9-23(21)31(24)20-6-2-1-3-7-20;3-2(4,5)1(6)7/h1-11,16,29H,12-15,17H2;(H,6,7). The quantitative estimate of drug-likeness (QED) is 0.314. The molecule has 11 heteroatoms. The third-order valence-corrected chi connectivity index (χ3v) is 6.58. The van der Waals surface area contributed by atoms with E-state index >= 15 is 0 Å². The van der Waals surface area contributed by atoms with Crippen molar-refractivity contribution in [3.8, 4) is 5.69 Å². The SMILES string of the molecule is O=C(O)C(F)(F)F.O=C(c1c(Cc2cc(F)ccc2Cl)n(-c2ccccc2)c2ccccc12)N1CCNCC1. The van der Waals surface area contributed by atoms with Gasteiger partial charge in [-0.2, -0.15) is 13.2 Å². The summed E-state index contributed by atoms with van der Waals surface area (Å²) in [6, 6.07) is 22.2. The van der Waals surface area contributed by atoms with Crippen LogP contribution in [0, 0.1) is 5.82 Å². The highest BCUT2D eigenvalue weighted by Gasteiger charge is 2.38. The van der Waals surface area contributed by atoms with Crippen LogP contribution in [0.3, 0.4) is 0 Å². The minimum absolute atomic E-state index is 0.0000865. The first-order valence-corrected chi connectivity index (χ1v) is 12.4. The number of piperazine rings is 1. The van der Waals surface area contributed by atoms with Crippen LogP contribution in [0.1, 0.15) is 21.6 Å². The van der Waals surface area contributed by atoms with Gasteiger partial charge in [-0.3, -0.25) is 4.79 Å². The van der Waals surface area contributed by atoms with Crippen molar-refractivity contribution in [1.29, 1.82) is 0 Å². The maximum Gasteiger partial charge on any atom is 0.490 e. The highest BCUT2D eigenvalue weighted by molar-refractivity contribution is 6.31. The third-order valence-electron chi connectivity index (χ3n) is 6.21. The van der Waals surface area contributed by atoms with Crippen LogP contribution < -0.4 is 5.32 Å². The maximum absolute atomic E-state index is 14.1. The Hall–Kier alpha value is -3.89. The number of carboxylic acid groups (broad SMARTS) is 1. The van der Waals surface area contributed by atoms with Crippen molar-refractivity contribution in [3.05, 3.63) is 100 Å². The molecular weight excluding hydrogens is 538 g/mol. The van der Waals surface area contributed by atoms with Gasteiger partial charge in [0.1, 0.15) is 5.82 Å². The number of benzene rings is 3. The Morgan fingerprint density at radius 3 is 2.21 bits per heavy atom. The fourth-order valence-electron chi connectivity index (χ4n) is 4.46. The lowest BCUT2D eigenvalue weighted by molar-refractivity contribution is -0.192. The molecule has 0 spiro atoms. The molecule has 0 radical (unpaired) electrons. The molecule has 5 rings (SSSR count). The number of halogens is 5. The van der Waals surface area contributed by atoms with Crippen LogP contribution in [0.4, 0.5) is 17.6 Å². The average Bonchev–Trinajstić information content (AvgIpc) is 3.24. The highest BCUT2D eigenvalue weighted by Crippen LogP contribution is 2.33. The molecule has 0 atom stereocenters. The number of fused-ring (bicyclic) bond motifs is 1. The Balaban J connectivity index is 0.000000448. The van der Waals surface area contributed by atoms with Crippen molar-refractivity contribution in [2.24, 2.45) is 0 Å². The first-order chi connectivity index (χ1) is 18.6. The van der Waals surface area contributed by atoms with E-state index in [2.05, 4.69) is 9.88 Å². The van der Waals surface area contributed by atoms with Gasteiger partial charge in [-0.05, 0) is 42.0 Å². The molecule has 0 bridgehead atoms. The van der Waals surface area contributed by atoms with Gasteiger partial charge < -0.3 is 19.9 Å². The molecule has 4 aromatic rings. The van der Waals surface area contributed by atoms with Crippen molar-refractivity contribution >= 4 is 34.4 Å². The molecule has 1 fully saturated rings. The lowest BCUT2D eigenvalue weighted by Gasteiger charge is -2.28. The second-order valence-electron chi connectivity index (χ2n) is 8.77. The van der Waals surface area contributed by atoms with E-state index in [9.17, 15) is 22.4 Å². The van der Waals surface area contributed by atoms with Crippen LogP contribution in [-0.4, -0.2) is 58.8 Å². The van der Waals surface area contributed by atoms with Crippen LogP contribution >= 0.6 is 11.6 Å². The van der Waals surface area contributed by atoms with Crippen molar-refractivity contribution in [2.45, 2.75) is 12.6 Å². The summed E-state index contributed by atoms with van der Waals surface area (Å²) in [6.07, 6.45) is -4.74. The third kappa shape index (κ3) is 6.40. The number of carbonyl (C=O) groups is 2. The van der Waals surface area contributed by atoms with Crippen LogP contribution in [0.15, 0.2) is 72.8 Å². The number of carboxylic acids is 1. The molecule has 6 nitrogen and oxygen atoms in total. The van der Waals surface area contributed by atoms with Gasteiger partial charge in [0.25, 0.3) is 5.91 Å². The van der Waals surface area contributed by atoms with Crippen molar-refractivity contribution in [1.82, 2.24) is 14.8 Å². The zero-order chi connectivity index (χ0) is 28.2. The van der Waals surface area contributed by atoms with Gasteiger partial charge in [0, 0.05) is 54.4 Å². The van der Waals surface area contributed by atoms with Gasteiger partial charge in [0.2, 0.25) is 0 Å². The smallest absolute Gasteiger partial charge is 0.475 e. The zero-order valence-electron chi connectivity index (χ0n) is 20.5. The molecule has 39 heavy (non-hydrogen) atoms. The van der Waals surface area contributed by atoms with Crippen LogP contribution in [0.25, 0.3) is 16.6 Å².